The number of carbonyl (C=O) groups excluding carboxylic acids is 2. The molecular formula is C18H16N2O6S. The minimum absolute atomic E-state index is 0.0151. The van der Waals surface area contributed by atoms with Crippen LogP contribution >= 0.6 is 0 Å². The zero-order valence-electron chi connectivity index (χ0n) is 14.3. The van der Waals surface area contributed by atoms with Crippen LogP contribution in [0.25, 0.3) is 11.0 Å². The predicted molar refractivity (Wildman–Crippen MR) is 96.9 cm³/mol. The molecule has 0 aliphatic rings. The second-order valence-corrected chi connectivity index (χ2v) is 7.76. The molecule has 0 unspecified atom stereocenters. The van der Waals surface area contributed by atoms with Gasteiger partial charge in [0, 0.05) is 11.6 Å². The summed E-state index contributed by atoms with van der Waals surface area (Å²) in [6.07, 6.45) is 0.893. The summed E-state index contributed by atoms with van der Waals surface area (Å²) in [5.41, 5.74) is 1.09. The number of hydrogen-bond donors (Lipinski definition) is 1. The fraction of sp³-hybridized carbons (Fsp3) is 0.167. The van der Waals surface area contributed by atoms with Crippen molar-refractivity contribution in [2.24, 2.45) is 0 Å². The number of amides is 1. The molecule has 0 aliphatic heterocycles. The average molecular weight is 388 g/mol. The molecule has 0 fully saturated rings. The number of rotatable bonds is 6. The maximum Gasteiger partial charge on any atom is 0.312 e. The molecule has 0 radical (unpaired) electrons. The third-order valence-electron chi connectivity index (χ3n) is 3.69. The molecule has 3 rings (SSSR count). The van der Waals surface area contributed by atoms with Crippen molar-refractivity contribution in [1.29, 1.82) is 0 Å². The van der Waals surface area contributed by atoms with Gasteiger partial charge in [-0.25, -0.2) is 8.42 Å². The number of hydrogen-bond acceptors (Lipinski definition) is 7. The maximum absolute atomic E-state index is 12.0. The first-order valence-electron chi connectivity index (χ1n) is 7.92. The molecule has 2 aromatic carbocycles. The molecule has 1 amide bonds. The van der Waals surface area contributed by atoms with Gasteiger partial charge >= 0.3 is 5.97 Å². The summed E-state index contributed by atoms with van der Waals surface area (Å²) in [7, 11) is -3.51. The van der Waals surface area contributed by atoms with Gasteiger partial charge in [-0.15, -0.1) is 0 Å². The minimum Gasteiger partial charge on any atom is -0.455 e. The van der Waals surface area contributed by atoms with E-state index in [-0.39, 0.29) is 17.0 Å². The van der Waals surface area contributed by atoms with E-state index in [0.717, 1.165) is 6.26 Å². The van der Waals surface area contributed by atoms with Crippen molar-refractivity contribution in [1.82, 2.24) is 5.16 Å². The normalized spacial score (nSPS) is 11.3. The molecule has 0 atom stereocenters. The van der Waals surface area contributed by atoms with E-state index in [1.54, 1.807) is 36.4 Å². The molecule has 140 valence electrons. The van der Waals surface area contributed by atoms with Gasteiger partial charge in [-0.1, -0.05) is 29.4 Å². The van der Waals surface area contributed by atoms with Crippen molar-refractivity contribution in [2.75, 3.05) is 18.2 Å². The van der Waals surface area contributed by atoms with Crippen molar-refractivity contribution in [3.8, 4) is 0 Å². The van der Waals surface area contributed by atoms with Gasteiger partial charge in [-0.3, -0.25) is 9.59 Å². The summed E-state index contributed by atoms with van der Waals surface area (Å²) in [6.45, 7) is -0.549. The van der Waals surface area contributed by atoms with Crippen LogP contribution in [0, 0.1) is 0 Å². The second-order valence-electron chi connectivity index (χ2n) is 5.78. The number of para-hydroxylation sites is 2. The van der Waals surface area contributed by atoms with Crippen molar-refractivity contribution in [3.63, 3.8) is 0 Å². The van der Waals surface area contributed by atoms with E-state index in [0.29, 0.717) is 16.7 Å². The van der Waals surface area contributed by atoms with Crippen LogP contribution in [0.4, 0.5) is 5.69 Å². The Labute approximate surface area is 155 Å². The maximum atomic E-state index is 12.0. The fourth-order valence-corrected chi connectivity index (χ4v) is 3.32. The molecule has 0 bridgehead atoms. The van der Waals surface area contributed by atoms with E-state index in [9.17, 15) is 18.0 Å². The van der Waals surface area contributed by atoms with Crippen LogP contribution in [-0.4, -0.2) is 38.3 Å². The molecule has 9 heteroatoms. The quantitative estimate of drug-likeness (QED) is 0.642. The Morgan fingerprint density at radius 1 is 1.11 bits per heavy atom. The number of sulfone groups is 1. The van der Waals surface area contributed by atoms with Crippen LogP contribution in [0.3, 0.4) is 0 Å². The minimum atomic E-state index is -3.51. The molecule has 0 spiro atoms. The third-order valence-corrected chi connectivity index (χ3v) is 4.84. The van der Waals surface area contributed by atoms with E-state index in [4.69, 9.17) is 9.26 Å². The summed E-state index contributed by atoms with van der Waals surface area (Å²) in [4.78, 5) is 23.9. The van der Waals surface area contributed by atoms with Gasteiger partial charge in [-0.2, -0.15) is 0 Å². The van der Waals surface area contributed by atoms with Crippen molar-refractivity contribution < 1.29 is 27.3 Å². The van der Waals surface area contributed by atoms with E-state index in [1.807, 2.05) is 0 Å². The topological polar surface area (TPSA) is 116 Å². The molecule has 8 nitrogen and oxygen atoms in total. The Morgan fingerprint density at radius 2 is 1.81 bits per heavy atom. The van der Waals surface area contributed by atoms with Crippen molar-refractivity contribution in [2.45, 2.75) is 11.3 Å². The molecule has 0 saturated carbocycles. The SMILES string of the molecule is CS(=O)(=O)c1ccccc1NC(=O)COC(=O)Cc1noc2ccccc12. The predicted octanol–water partition coefficient (Wildman–Crippen LogP) is 1.96. The van der Waals surface area contributed by atoms with Gasteiger partial charge in [0.2, 0.25) is 0 Å². The van der Waals surface area contributed by atoms with Gasteiger partial charge < -0.3 is 14.6 Å². The number of nitrogens with zero attached hydrogens (tertiary/aromatic N) is 1. The van der Waals surface area contributed by atoms with E-state index in [2.05, 4.69) is 10.5 Å². The molecule has 27 heavy (non-hydrogen) atoms. The average Bonchev–Trinajstić information content (AvgIpc) is 3.03. The number of benzene rings is 2. The smallest absolute Gasteiger partial charge is 0.312 e. The number of esters is 1. The standard InChI is InChI=1S/C18H16N2O6S/c1-27(23,24)16-9-5-3-7-13(16)19-17(21)11-25-18(22)10-14-12-6-2-4-8-15(12)26-20-14/h2-9H,10-11H2,1H3,(H,19,21). The molecule has 1 aromatic heterocycles. The van der Waals surface area contributed by atoms with E-state index < -0.39 is 28.3 Å². The highest BCUT2D eigenvalue weighted by Gasteiger charge is 2.17. The van der Waals surface area contributed by atoms with E-state index >= 15 is 0 Å². The van der Waals surface area contributed by atoms with Gasteiger partial charge in [-0.05, 0) is 24.3 Å². The highest BCUT2D eigenvalue weighted by Crippen LogP contribution is 2.21. The summed E-state index contributed by atoms with van der Waals surface area (Å²) in [5, 5.41) is 6.95. The lowest BCUT2D eigenvalue weighted by Crippen LogP contribution is -2.22. The molecule has 3 aromatic rings. The first-order chi connectivity index (χ1) is 12.8. The summed E-state index contributed by atoms with van der Waals surface area (Å²) in [5.74, 6) is -1.30. The van der Waals surface area contributed by atoms with Crippen LogP contribution in [0.2, 0.25) is 0 Å². The molecular weight excluding hydrogens is 372 g/mol. The number of aromatic nitrogens is 1. The lowest BCUT2D eigenvalue weighted by Gasteiger charge is -2.09. The van der Waals surface area contributed by atoms with Crippen LogP contribution in [-0.2, 0) is 30.6 Å². The third kappa shape index (κ3) is 4.50. The Kier molecular flexibility index (Phi) is 5.22. The first-order valence-corrected chi connectivity index (χ1v) is 9.81. The zero-order valence-corrected chi connectivity index (χ0v) is 15.2. The monoisotopic (exact) mass is 388 g/mol. The highest BCUT2D eigenvalue weighted by atomic mass is 32.2. The summed E-state index contributed by atoms with van der Waals surface area (Å²) in [6, 6.07) is 13.0. The molecule has 1 heterocycles. The highest BCUT2D eigenvalue weighted by molar-refractivity contribution is 7.90. The van der Waals surface area contributed by atoms with Gasteiger partial charge in [0.25, 0.3) is 5.91 Å². The van der Waals surface area contributed by atoms with Crippen LogP contribution in [0.5, 0.6) is 0 Å². The first kappa shape index (κ1) is 18.6. The number of ether oxygens (including phenoxy) is 1. The molecule has 1 N–H and O–H groups in total. The Morgan fingerprint density at radius 3 is 2.59 bits per heavy atom. The summed E-state index contributed by atoms with van der Waals surface area (Å²) < 4.78 is 33.5. The van der Waals surface area contributed by atoms with Gasteiger partial charge in [0.1, 0.15) is 5.69 Å². The van der Waals surface area contributed by atoms with Gasteiger partial charge in [0.15, 0.2) is 22.0 Å². The lowest BCUT2D eigenvalue weighted by molar-refractivity contribution is -0.146. The number of carbonyl (C=O) groups is 2. The van der Waals surface area contributed by atoms with Gasteiger partial charge in [0.05, 0.1) is 17.0 Å². The van der Waals surface area contributed by atoms with Crippen LogP contribution in [0.1, 0.15) is 5.69 Å². The van der Waals surface area contributed by atoms with Crippen molar-refractivity contribution in [3.05, 3.63) is 54.2 Å². The largest absolute Gasteiger partial charge is 0.455 e. The second kappa shape index (κ2) is 7.58. The number of anilines is 1. The number of fused-ring (bicyclic) bond motifs is 1. The zero-order chi connectivity index (χ0) is 19.4. The Bertz CT molecular complexity index is 1100. The van der Waals surface area contributed by atoms with Crippen LogP contribution in [0.15, 0.2) is 57.9 Å². The van der Waals surface area contributed by atoms with E-state index in [1.165, 1.54) is 12.1 Å². The lowest BCUT2D eigenvalue weighted by atomic mass is 10.2. The van der Waals surface area contributed by atoms with Crippen molar-refractivity contribution >= 4 is 38.4 Å². The Balaban J connectivity index is 1.59. The van der Waals surface area contributed by atoms with Crippen LogP contribution < -0.4 is 5.32 Å². The summed E-state index contributed by atoms with van der Waals surface area (Å²) >= 11 is 0. The fourth-order valence-electron chi connectivity index (χ4n) is 2.48. The Hall–Kier alpha value is -3.20. The number of nitrogens with one attached hydrogen (secondary N) is 1. The molecule has 0 saturated heterocycles. The molecule has 0 aliphatic carbocycles.